The van der Waals surface area contributed by atoms with Crippen LogP contribution < -0.4 is 9.47 Å². The van der Waals surface area contributed by atoms with Gasteiger partial charge in [-0.3, -0.25) is 9.13 Å². The zero-order valence-electron chi connectivity index (χ0n) is 33.7. The predicted molar refractivity (Wildman–Crippen MR) is 225 cm³/mol. The van der Waals surface area contributed by atoms with Gasteiger partial charge in [-0.2, -0.15) is 0 Å². The molecule has 0 radical (unpaired) electrons. The molecule has 0 aliphatic rings. The fourth-order valence-electron chi connectivity index (χ4n) is 8.09. The number of aromatic nitrogens is 4. The van der Waals surface area contributed by atoms with Crippen LogP contribution in [0.5, 0.6) is 23.0 Å². The maximum Gasteiger partial charge on any atom is 0.147 e. The van der Waals surface area contributed by atoms with Crippen LogP contribution in [0, 0.1) is 52.1 Å². The van der Waals surface area contributed by atoms with Crippen molar-refractivity contribution >= 4 is 22.1 Å². The number of nitrogens with zero attached hydrogens (tertiary/aromatic N) is 4. The number of hydrogen-bond acceptors (Lipinski definition) is 6. The van der Waals surface area contributed by atoms with Gasteiger partial charge in [0.05, 0.1) is 23.6 Å². The average Bonchev–Trinajstić information content (AvgIpc) is 3.61. The molecule has 300 valence electrons. The van der Waals surface area contributed by atoms with Crippen molar-refractivity contribution < 1.29 is 32.9 Å². The molecule has 0 spiro atoms. The second kappa shape index (κ2) is 15.2. The number of aromatic hydroxyl groups is 2. The minimum atomic E-state index is -0.640. The van der Waals surface area contributed by atoms with Crippen LogP contribution in [0.1, 0.15) is 48.3 Å². The maximum absolute atomic E-state index is 15.5. The zero-order valence-corrected chi connectivity index (χ0v) is 33.7. The quantitative estimate of drug-likeness (QED) is 0.143. The van der Waals surface area contributed by atoms with Crippen LogP contribution in [-0.4, -0.2) is 41.5 Å². The summed E-state index contributed by atoms with van der Waals surface area (Å²) in [5.74, 6) is -1.50. The third kappa shape index (κ3) is 7.00. The molecule has 0 fully saturated rings. The van der Waals surface area contributed by atoms with E-state index in [1.807, 2.05) is 83.4 Å². The highest BCUT2D eigenvalue weighted by atomic mass is 19.1. The van der Waals surface area contributed by atoms with Gasteiger partial charge in [-0.15, -0.1) is 0 Å². The van der Waals surface area contributed by atoms with Gasteiger partial charge in [0.15, 0.2) is 0 Å². The fourth-order valence-corrected chi connectivity index (χ4v) is 8.09. The molecule has 59 heavy (non-hydrogen) atoms. The Labute approximate surface area is 339 Å². The molecule has 4 heterocycles. The number of rotatable bonds is 10. The van der Waals surface area contributed by atoms with Crippen LogP contribution >= 0.6 is 0 Å². The first kappa shape index (κ1) is 39.1. The van der Waals surface area contributed by atoms with Gasteiger partial charge in [-0.25, -0.2) is 23.1 Å². The van der Waals surface area contributed by atoms with Crippen LogP contribution in [0.25, 0.3) is 55.7 Å². The Bertz CT molecular complexity index is 2740. The minimum Gasteiger partial charge on any atom is -0.505 e. The van der Waals surface area contributed by atoms with Crippen molar-refractivity contribution in [1.29, 1.82) is 0 Å². The molecule has 0 saturated heterocycles. The van der Waals surface area contributed by atoms with Crippen molar-refractivity contribution in [2.75, 3.05) is 0 Å². The van der Waals surface area contributed by atoms with Crippen LogP contribution in [0.3, 0.4) is 0 Å². The lowest BCUT2D eigenvalue weighted by Gasteiger charge is -2.24. The van der Waals surface area contributed by atoms with Crippen molar-refractivity contribution in [3.05, 3.63) is 143 Å². The summed E-state index contributed by atoms with van der Waals surface area (Å²) >= 11 is 0. The van der Waals surface area contributed by atoms with Crippen LogP contribution in [0.2, 0.25) is 0 Å². The Morgan fingerprint density at radius 3 is 1.49 bits per heavy atom. The molecule has 2 atom stereocenters. The molecule has 0 aliphatic heterocycles. The van der Waals surface area contributed by atoms with E-state index < -0.39 is 29.7 Å². The molecule has 8 nitrogen and oxygen atoms in total. The Morgan fingerprint density at radius 2 is 1.00 bits per heavy atom. The first-order valence-corrected chi connectivity index (χ1v) is 19.4. The van der Waals surface area contributed by atoms with Crippen molar-refractivity contribution in [1.82, 2.24) is 19.1 Å². The second-order valence-corrected chi connectivity index (χ2v) is 15.2. The summed E-state index contributed by atoms with van der Waals surface area (Å²) in [5.41, 5.74) is 7.35. The van der Waals surface area contributed by atoms with E-state index in [4.69, 9.17) is 9.47 Å². The SMILES string of the molecule is Cc1cc(-c2cc(F)ccc2O[C@@H](C)C[C@@H](C)Oc2ccc(F)cc2-c2cc(F)cc(-n3c(C)c(C)c4cccnc43)c2O)c(O)c(-n2c(C)c(C)c3cccnc32)c1. The molecule has 11 heteroatoms. The Balaban J connectivity index is 1.09. The van der Waals surface area contributed by atoms with E-state index in [2.05, 4.69) is 9.97 Å². The highest BCUT2D eigenvalue weighted by Gasteiger charge is 2.25. The van der Waals surface area contributed by atoms with E-state index in [1.165, 1.54) is 42.5 Å². The van der Waals surface area contributed by atoms with Gasteiger partial charge in [0.1, 0.15) is 51.7 Å². The number of pyridine rings is 2. The molecule has 0 saturated carbocycles. The van der Waals surface area contributed by atoms with E-state index in [9.17, 15) is 19.0 Å². The highest BCUT2D eigenvalue weighted by Crippen LogP contribution is 2.44. The summed E-state index contributed by atoms with van der Waals surface area (Å²) in [6.45, 7) is 13.3. The fraction of sp³-hybridized carbons (Fsp3) is 0.208. The molecule has 8 aromatic rings. The minimum absolute atomic E-state index is 0.0446. The summed E-state index contributed by atoms with van der Waals surface area (Å²) in [6, 6.07) is 21.7. The van der Waals surface area contributed by atoms with E-state index in [0.29, 0.717) is 40.3 Å². The van der Waals surface area contributed by atoms with Gasteiger partial charge >= 0.3 is 0 Å². The van der Waals surface area contributed by atoms with E-state index in [0.717, 1.165) is 44.9 Å². The standard InChI is InChI=1S/C48H43F3N4O4/c1-25-18-39(45(56)41(19-25)54-30(6)28(4)35-10-8-16-52-47(35)54)37-21-32(49)12-14-43(37)58-26(2)20-27(3)59-44-15-13-33(50)22-38(44)40-23-34(51)24-42(46(40)57)55-31(7)29(5)36-11-9-17-53-48(36)55/h8-19,21-24,26-27,56-57H,20H2,1-7H3/t26-,27+/m0/s1. The Kier molecular flexibility index (Phi) is 10.1. The molecule has 0 bridgehead atoms. The molecule has 4 aromatic carbocycles. The Morgan fingerprint density at radius 1 is 0.559 bits per heavy atom. The third-order valence-electron chi connectivity index (χ3n) is 11.1. The molecule has 0 amide bonds. The van der Waals surface area contributed by atoms with Crippen LogP contribution in [-0.2, 0) is 0 Å². The van der Waals surface area contributed by atoms with Crippen molar-refractivity contribution in [2.24, 2.45) is 0 Å². The van der Waals surface area contributed by atoms with Gasteiger partial charge in [-0.1, -0.05) is 0 Å². The summed E-state index contributed by atoms with van der Waals surface area (Å²) in [5, 5.41) is 25.4. The number of halogens is 3. The Hall–Kier alpha value is -6.75. The van der Waals surface area contributed by atoms with Crippen molar-refractivity contribution in [3.8, 4) is 56.6 Å². The number of phenols is 2. The monoisotopic (exact) mass is 796 g/mol. The molecule has 0 unspecified atom stereocenters. The summed E-state index contributed by atoms with van der Waals surface area (Å²) in [6.07, 6.45) is 2.63. The molecule has 4 aromatic heterocycles. The van der Waals surface area contributed by atoms with Gasteiger partial charge in [0, 0.05) is 69.3 Å². The topological polar surface area (TPSA) is 94.6 Å². The highest BCUT2D eigenvalue weighted by molar-refractivity contribution is 5.88. The molecular weight excluding hydrogens is 754 g/mol. The number of fused-ring (bicyclic) bond motifs is 2. The van der Waals surface area contributed by atoms with Gasteiger partial charge in [0.25, 0.3) is 0 Å². The predicted octanol–water partition coefficient (Wildman–Crippen LogP) is 11.7. The lowest BCUT2D eigenvalue weighted by Crippen LogP contribution is -2.23. The maximum atomic E-state index is 15.5. The molecule has 0 aliphatic carbocycles. The summed E-state index contributed by atoms with van der Waals surface area (Å²) in [4.78, 5) is 9.12. The van der Waals surface area contributed by atoms with Crippen molar-refractivity contribution in [3.63, 3.8) is 0 Å². The number of phenolic OH excluding ortho intramolecular Hbond substituents is 2. The number of ether oxygens (including phenoxy) is 2. The smallest absolute Gasteiger partial charge is 0.147 e. The van der Waals surface area contributed by atoms with Crippen LogP contribution in [0.15, 0.2) is 97.3 Å². The van der Waals surface area contributed by atoms with Gasteiger partial charge in [0.2, 0.25) is 0 Å². The van der Waals surface area contributed by atoms with E-state index in [-0.39, 0.29) is 34.1 Å². The number of aryl methyl sites for hydroxylation is 3. The zero-order chi connectivity index (χ0) is 41.9. The largest absolute Gasteiger partial charge is 0.505 e. The molecule has 2 N–H and O–H groups in total. The van der Waals surface area contributed by atoms with E-state index >= 15 is 4.39 Å². The first-order valence-electron chi connectivity index (χ1n) is 19.4. The lowest BCUT2D eigenvalue weighted by atomic mass is 9.99. The second-order valence-electron chi connectivity index (χ2n) is 15.2. The summed E-state index contributed by atoms with van der Waals surface area (Å²) in [7, 11) is 0. The molecular formula is C48H43F3N4O4. The molecule has 8 rings (SSSR count). The van der Waals surface area contributed by atoms with Gasteiger partial charge in [-0.05, 0) is 144 Å². The number of benzene rings is 4. The lowest BCUT2D eigenvalue weighted by molar-refractivity contribution is 0.131. The normalized spacial score (nSPS) is 12.6. The summed E-state index contributed by atoms with van der Waals surface area (Å²) < 4.78 is 61.8. The van der Waals surface area contributed by atoms with Gasteiger partial charge < -0.3 is 19.7 Å². The average molecular weight is 797 g/mol. The van der Waals surface area contributed by atoms with E-state index in [1.54, 1.807) is 23.0 Å². The first-order chi connectivity index (χ1) is 28.2. The van der Waals surface area contributed by atoms with Crippen molar-refractivity contribution in [2.45, 2.75) is 67.1 Å². The third-order valence-corrected chi connectivity index (χ3v) is 11.1. The number of hydrogen-bond donors (Lipinski definition) is 2. The van der Waals surface area contributed by atoms with Crippen LogP contribution in [0.4, 0.5) is 13.2 Å².